The molecular weight excluding hydrogens is 505 g/mol. The summed E-state index contributed by atoms with van der Waals surface area (Å²) < 4.78 is 1.97. The van der Waals surface area contributed by atoms with Crippen molar-refractivity contribution < 1.29 is 4.79 Å². The fourth-order valence-corrected chi connectivity index (χ4v) is 3.45. The second-order valence-corrected chi connectivity index (χ2v) is 7.70. The summed E-state index contributed by atoms with van der Waals surface area (Å²) in [5, 5.41) is 15.1. The molecule has 1 saturated heterocycles. The van der Waals surface area contributed by atoms with E-state index in [0.717, 1.165) is 68.5 Å². The number of likely N-dealkylation sites (tertiary alicyclic amines) is 1. The summed E-state index contributed by atoms with van der Waals surface area (Å²) in [6, 6.07) is 10.2. The molecule has 2 aromatic rings. The van der Waals surface area contributed by atoms with E-state index in [9.17, 15) is 4.79 Å². The van der Waals surface area contributed by atoms with Crippen LogP contribution in [0.1, 0.15) is 49.3 Å². The molecule has 0 bridgehead atoms. The monoisotopic (exact) mass is 539 g/mol. The fraction of sp³-hybridized carbons (Fsp3) is 0.545. The highest BCUT2D eigenvalue weighted by atomic mass is 127. The molecule has 1 aromatic carbocycles. The third kappa shape index (κ3) is 8.12. The van der Waals surface area contributed by atoms with E-state index in [1.807, 2.05) is 41.6 Å². The van der Waals surface area contributed by atoms with Crippen LogP contribution in [0.4, 0.5) is 0 Å². The number of halogens is 1. The molecular formula is C22H34IN7O. The average molecular weight is 539 g/mol. The summed E-state index contributed by atoms with van der Waals surface area (Å²) in [5.74, 6) is 2.77. The molecule has 170 valence electrons. The number of carbonyl (C=O) groups is 1. The van der Waals surface area contributed by atoms with E-state index in [2.05, 4.69) is 33.0 Å². The number of hydrogen-bond donors (Lipinski definition) is 2. The van der Waals surface area contributed by atoms with Gasteiger partial charge in [-0.25, -0.2) is 4.99 Å². The second kappa shape index (κ2) is 13.3. The number of nitrogens with zero attached hydrogens (tertiary/aromatic N) is 5. The third-order valence-electron chi connectivity index (χ3n) is 5.43. The quantitative estimate of drug-likeness (QED) is 0.233. The summed E-state index contributed by atoms with van der Waals surface area (Å²) in [4.78, 5) is 18.9. The summed E-state index contributed by atoms with van der Waals surface area (Å²) in [7, 11) is 1.96. The lowest BCUT2D eigenvalue weighted by molar-refractivity contribution is -0.130. The van der Waals surface area contributed by atoms with E-state index in [1.54, 1.807) is 0 Å². The van der Waals surface area contributed by atoms with Gasteiger partial charge in [0, 0.05) is 33.1 Å². The first-order chi connectivity index (χ1) is 14.6. The molecule has 0 saturated carbocycles. The zero-order valence-electron chi connectivity index (χ0n) is 18.5. The van der Waals surface area contributed by atoms with Crippen LogP contribution in [0.25, 0.3) is 0 Å². The molecule has 2 N–H and O–H groups in total. The van der Waals surface area contributed by atoms with Gasteiger partial charge < -0.3 is 20.1 Å². The van der Waals surface area contributed by atoms with E-state index < -0.39 is 0 Å². The lowest BCUT2D eigenvalue weighted by Crippen LogP contribution is -2.39. The SMILES string of the molecule is Cc1nnc(CNC(=NCc2ccccc2)NCCCN2CCCCCC2=O)n1C.I. The standard InChI is InChI=1S/C22H33N7O.HI/c1-18-26-27-20(28(18)2)17-25-22(24-16-19-10-5-3-6-11-19)23-13-9-15-29-14-8-4-7-12-21(29)30;/h3,5-6,10-11H,4,7-9,12-17H2,1-2H3,(H2,23,24,25);1H. The number of aliphatic imine (C=N–C) groups is 1. The maximum atomic E-state index is 12.1. The smallest absolute Gasteiger partial charge is 0.222 e. The minimum absolute atomic E-state index is 0. The van der Waals surface area contributed by atoms with Crippen LogP contribution in [-0.4, -0.2) is 51.2 Å². The van der Waals surface area contributed by atoms with Gasteiger partial charge in [-0.2, -0.15) is 0 Å². The van der Waals surface area contributed by atoms with E-state index in [4.69, 9.17) is 4.99 Å². The topological polar surface area (TPSA) is 87.4 Å². The van der Waals surface area contributed by atoms with Crippen molar-refractivity contribution in [3.05, 3.63) is 47.5 Å². The highest BCUT2D eigenvalue weighted by molar-refractivity contribution is 14.0. The van der Waals surface area contributed by atoms with Crippen molar-refractivity contribution in [3.63, 3.8) is 0 Å². The van der Waals surface area contributed by atoms with Crippen molar-refractivity contribution in [1.29, 1.82) is 0 Å². The van der Waals surface area contributed by atoms with Crippen molar-refractivity contribution in [3.8, 4) is 0 Å². The number of carbonyl (C=O) groups excluding carboxylic acids is 1. The van der Waals surface area contributed by atoms with Crippen molar-refractivity contribution in [2.75, 3.05) is 19.6 Å². The molecule has 31 heavy (non-hydrogen) atoms. The van der Waals surface area contributed by atoms with Crippen LogP contribution in [-0.2, 0) is 24.9 Å². The number of aromatic nitrogens is 3. The second-order valence-electron chi connectivity index (χ2n) is 7.70. The van der Waals surface area contributed by atoms with Crippen molar-refractivity contribution in [2.24, 2.45) is 12.0 Å². The molecule has 0 atom stereocenters. The number of rotatable bonds is 8. The Labute approximate surface area is 201 Å². The molecule has 0 spiro atoms. The van der Waals surface area contributed by atoms with Crippen LogP contribution >= 0.6 is 24.0 Å². The summed E-state index contributed by atoms with van der Waals surface area (Å²) in [6.07, 6.45) is 4.87. The van der Waals surface area contributed by atoms with Gasteiger partial charge in [0.1, 0.15) is 5.82 Å². The Kier molecular flexibility index (Phi) is 10.8. The van der Waals surface area contributed by atoms with E-state index in [0.29, 0.717) is 25.4 Å². The van der Waals surface area contributed by atoms with Gasteiger partial charge in [0.25, 0.3) is 0 Å². The van der Waals surface area contributed by atoms with Crippen LogP contribution in [0.15, 0.2) is 35.3 Å². The lowest BCUT2D eigenvalue weighted by atomic mass is 10.2. The molecule has 8 nitrogen and oxygen atoms in total. The maximum Gasteiger partial charge on any atom is 0.222 e. The Hall–Kier alpha value is -2.17. The van der Waals surface area contributed by atoms with E-state index in [-0.39, 0.29) is 24.0 Å². The molecule has 1 aliphatic heterocycles. The minimum atomic E-state index is 0. The highest BCUT2D eigenvalue weighted by Gasteiger charge is 2.15. The van der Waals surface area contributed by atoms with Crippen molar-refractivity contribution >= 4 is 35.8 Å². The van der Waals surface area contributed by atoms with Gasteiger partial charge in [0.15, 0.2) is 11.8 Å². The molecule has 1 amide bonds. The first kappa shape index (κ1) is 25.1. The minimum Gasteiger partial charge on any atom is -0.356 e. The molecule has 0 radical (unpaired) electrons. The Morgan fingerprint density at radius 2 is 1.94 bits per heavy atom. The fourth-order valence-electron chi connectivity index (χ4n) is 3.45. The van der Waals surface area contributed by atoms with Gasteiger partial charge in [-0.05, 0) is 31.7 Å². The predicted molar refractivity (Wildman–Crippen MR) is 133 cm³/mol. The number of aryl methyl sites for hydroxylation is 1. The van der Waals surface area contributed by atoms with E-state index >= 15 is 0 Å². The molecule has 3 rings (SSSR count). The van der Waals surface area contributed by atoms with E-state index in [1.165, 1.54) is 0 Å². The zero-order chi connectivity index (χ0) is 21.2. The first-order valence-electron chi connectivity index (χ1n) is 10.8. The van der Waals surface area contributed by atoms with Gasteiger partial charge in [0.05, 0.1) is 13.1 Å². The number of benzene rings is 1. The Morgan fingerprint density at radius 1 is 1.13 bits per heavy atom. The number of nitrogens with one attached hydrogen (secondary N) is 2. The molecule has 2 heterocycles. The molecule has 1 fully saturated rings. The Balaban J connectivity index is 0.00000341. The first-order valence-corrected chi connectivity index (χ1v) is 10.8. The summed E-state index contributed by atoms with van der Waals surface area (Å²) >= 11 is 0. The van der Waals surface area contributed by atoms with Crippen LogP contribution in [0.3, 0.4) is 0 Å². The maximum absolute atomic E-state index is 12.1. The molecule has 1 aromatic heterocycles. The van der Waals surface area contributed by atoms with Crippen LogP contribution in [0.2, 0.25) is 0 Å². The van der Waals surface area contributed by atoms with Gasteiger partial charge in [-0.1, -0.05) is 36.8 Å². The normalized spacial score (nSPS) is 14.7. The zero-order valence-corrected chi connectivity index (χ0v) is 20.8. The average Bonchev–Trinajstić information content (AvgIpc) is 2.95. The molecule has 0 aliphatic carbocycles. The number of hydrogen-bond acceptors (Lipinski definition) is 4. The van der Waals surface area contributed by atoms with Crippen molar-refractivity contribution in [1.82, 2.24) is 30.3 Å². The summed E-state index contributed by atoms with van der Waals surface area (Å²) in [5.41, 5.74) is 1.16. The lowest BCUT2D eigenvalue weighted by Gasteiger charge is -2.21. The third-order valence-corrected chi connectivity index (χ3v) is 5.43. The highest BCUT2D eigenvalue weighted by Crippen LogP contribution is 2.11. The summed E-state index contributed by atoms with van der Waals surface area (Å²) in [6.45, 7) is 5.50. The Bertz CT molecular complexity index is 838. The van der Waals surface area contributed by atoms with Crippen LogP contribution < -0.4 is 10.6 Å². The van der Waals surface area contributed by atoms with Gasteiger partial charge >= 0.3 is 0 Å². The molecule has 0 unspecified atom stereocenters. The van der Waals surface area contributed by atoms with Crippen LogP contribution in [0.5, 0.6) is 0 Å². The van der Waals surface area contributed by atoms with Gasteiger partial charge in [0.2, 0.25) is 5.91 Å². The molecule has 1 aliphatic rings. The Morgan fingerprint density at radius 3 is 2.68 bits per heavy atom. The van der Waals surface area contributed by atoms with Crippen molar-refractivity contribution in [2.45, 2.75) is 52.1 Å². The predicted octanol–water partition coefficient (Wildman–Crippen LogP) is 2.77. The van der Waals surface area contributed by atoms with Gasteiger partial charge in [-0.3, -0.25) is 4.79 Å². The molecule has 9 heteroatoms. The van der Waals surface area contributed by atoms with Crippen LogP contribution in [0, 0.1) is 6.92 Å². The number of amides is 1. The largest absolute Gasteiger partial charge is 0.356 e. The number of guanidine groups is 1. The van der Waals surface area contributed by atoms with Gasteiger partial charge in [-0.15, -0.1) is 34.2 Å².